The Balaban J connectivity index is 1.24. The molecule has 2 aromatic carbocycles. The van der Waals surface area contributed by atoms with Gasteiger partial charge in [-0.1, -0.05) is 61.0 Å². The first-order chi connectivity index (χ1) is 16.5. The third-order valence-electron chi connectivity index (χ3n) is 6.86. The average Bonchev–Trinajstić information content (AvgIpc) is 3.44. The van der Waals surface area contributed by atoms with Crippen LogP contribution in [0.2, 0.25) is 0 Å². The molecule has 0 radical (unpaired) electrons. The lowest BCUT2D eigenvalue weighted by molar-refractivity contribution is -0.143. The molecule has 34 heavy (non-hydrogen) atoms. The number of hydrogen-bond acceptors (Lipinski definition) is 4. The number of alkyl carbamates (subject to hydrolysis) is 1. The van der Waals surface area contributed by atoms with Gasteiger partial charge in [0, 0.05) is 24.6 Å². The van der Waals surface area contributed by atoms with Crippen LogP contribution in [0.3, 0.4) is 0 Å². The van der Waals surface area contributed by atoms with Gasteiger partial charge in [-0.05, 0) is 47.9 Å². The molecule has 0 aromatic heterocycles. The van der Waals surface area contributed by atoms with Gasteiger partial charge >= 0.3 is 12.1 Å². The zero-order valence-electron chi connectivity index (χ0n) is 19.3. The maximum Gasteiger partial charge on any atom is 0.407 e. The van der Waals surface area contributed by atoms with Crippen molar-refractivity contribution in [2.24, 2.45) is 11.8 Å². The van der Waals surface area contributed by atoms with Crippen molar-refractivity contribution in [2.75, 3.05) is 19.7 Å². The minimum Gasteiger partial charge on any atom is -0.481 e. The highest BCUT2D eigenvalue weighted by Gasteiger charge is 2.33. The SMILES string of the molecule is C/C(=C\CNC(=O)OCC1c2ccccc2-c2ccccc21)C(=O)NC[C@H]1CCC[C@H]1C(=O)O. The molecular formula is C27H30N2O5. The van der Waals surface area contributed by atoms with Crippen LogP contribution in [0.15, 0.2) is 60.2 Å². The number of aliphatic carboxylic acids is 1. The highest BCUT2D eigenvalue weighted by atomic mass is 16.5. The average molecular weight is 463 g/mol. The quantitative estimate of drug-likeness (QED) is 0.513. The van der Waals surface area contributed by atoms with Gasteiger partial charge in [-0.2, -0.15) is 0 Å². The Morgan fingerprint density at radius 3 is 2.29 bits per heavy atom. The fourth-order valence-electron chi connectivity index (χ4n) is 5.00. The van der Waals surface area contributed by atoms with Gasteiger partial charge in [0.1, 0.15) is 6.61 Å². The Labute approximate surface area is 199 Å². The summed E-state index contributed by atoms with van der Waals surface area (Å²) >= 11 is 0. The highest BCUT2D eigenvalue weighted by Crippen LogP contribution is 2.44. The number of nitrogens with one attached hydrogen (secondary N) is 2. The Kier molecular flexibility index (Phi) is 7.30. The van der Waals surface area contributed by atoms with Crippen molar-refractivity contribution < 1.29 is 24.2 Å². The highest BCUT2D eigenvalue weighted by molar-refractivity contribution is 5.92. The van der Waals surface area contributed by atoms with Gasteiger partial charge in [0.2, 0.25) is 5.91 Å². The van der Waals surface area contributed by atoms with Crippen LogP contribution in [0.25, 0.3) is 11.1 Å². The monoisotopic (exact) mass is 462 g/mol. The second-order valence-corrected chi connectivity index (χ2v) is 8.94. The molecule has 7 nitrogen and oxygen atoms in total. The number of rotatable bonds is 8. The van der Waals surface area contributed by atoms with Crippen molar-refractivity contribution in [3.8, 4) is 11.1 Å². The Morgan fingerprint density at radius 1 is 1.00 bits per heavy atom. The molecule has 2 aromatic rings. The van der Waals surface area contributed by atoms with E-state index in [2.05, 4.69) is 34.9 Å². The maximum absolute atomic E-state index is 12.3. The first kappa shape index (κ1) is 23.5. The molecule has 2 atom stereocenters. The molecule has 1 saturated carbocycles. The molecule has 0 saturated heterocycles. The zero-order chi connectivity index (χ0) is 24.1. The molecule has 0 spiro atoms. The summed E-state index contributed by atoms with van der Waals surface area (Å²) in [7, 11) is 0. The molecule has 178 valence electrons. The van der Waals surface area contributed by atoms with Crippen LogP contribution < -0.4 is 10.6 Å². The molecule has 0 aliphatic heterocycles. The lowest BCUT2D eigenvalue weighted by Crippen LogP contribution is -2.33. The molecule has 1 fully saturated rings. The number of carbonyl (C=O) groups excluding carboxylic acids is 2. The zero-order valence-corrected chi connectivity index (χ0v) is 19.3. The van der Waals surface area contributed by atoms with Crippen LogP contribution in [0.4, 0.5) is 4.79 Å². The molecular weight excluding hydrogens is 432 g/mol. The number of hydrogen-bond donors (Lipinski definition) is 3. The van der Waals surface area contributed by atoms with E-state index in [-0.39, 0.29) is 36.8 Å². The first-order valence-corrected chi connectivity index (χ1v) is 11.7. The number of benzene rings is 2. The minimum atomic E-state index is -0.795. The summed E-state index contributed by atoms with van der Waals surface area (Å²) < 4.78 is 5.50. The van der Waals surface area contributed by atoms with Crippen molar-refractivity contribution >= 4 is 18.0 Å². The van der Waals surface area contributed by atoms with Crippen molar-refractivity contribution in [2.45, 2.75) is 32.1 Å². The standard InChI is InChI=1S/C27H30N2O5/c1-17(25(30)29-15-18-7-6-12-19(18)26(31)32)13-14-28-27(33)34-16-24-22-10-4-2-8-20(22)21-9-3-5-11-23(21)24/h2-5,8-11,13,18-19,24H,6-7,12,14-16H2,1H3,(H,28,33)(H,29,30)(H,31,32)/b17-13+/t18-,19-/m1/s1. The number of ether oxygens (including phenoxy) is 1. The lowest BCUT2D eigenvalue weighted by Gasteiger charge is -2.16. The van der Waals surface area contributed by atoms with Crippen LogP contribution in [0.5, 0.6) is 0 Å². The number of carboxylic acids is 1. The second-order valence-electron chi connectivity index (χ2n) is 8.94. The predicted molar refractivity (Wildman–Crippen MR) is 128 cm³/mol. The molecule has 4 rings (SSSR count). The Morgan fingerprint density at radius 2 is 1.65 bits per heavy atom. The number of fused-ring (bicyclic) bond motifs is 3. The normalized spacial score (nSPS) is 19.3. The molecule has 2 amide bonds. The van der Waals surface area contributed by atoms with Gasteiger partial charge in [-0.15, -0.1) is 0 Å². The van der Waals surface area contributed by atoms with Gasteiger partial charge in [-0.25, -0.2) is 4.79 Å². The molecule has 2 aliphatic rings. The predicted octanol–water partition coefficient (Wildman–Crippen LogP) is 4.09. The fraction of sp³-hybridized carbons (Fsp3) is 0.370. The number of carbonyl (C=O) groups is 3. The van der Waals surface area contributed by atoms with Crippen LogP contribution in [-0.2, 0) is 14.3 Å². The van der Waals surface area contributed by atoms with Gasteiger partial charge in [0.05, 0.1) is 5.92 Å². The van der Waals surface area contributed by atoms with Crippen molar-refractivity contribution in [3.63, 3.8) is 0 Å². The molecule has 2 aliphatic carbocycles. The van der Waals surface area contributed by atoms with E-state index in [1.165, 1.54) is 11.1 Å². The lowest BCUT2D eigenvalue weighted by atomic mass is 9.96. The summed E-state index contributed by atoms with van der Waals surface area (Å²) in [5.41, 5.74) is 5.10. The van der Waals surface area contributed by atoms with E-state index < -0.39 is 12.1 Å². The molecule has 0 heterocycles. The minimum absolute atomic E-state index is 0.00794. The number of carboxylic acid groups (broad SMARTS) is 1. The van der Waals surface area contributed by atoms with Crippen molar-refractivity contribution in [3.05, 3.63) is 71.3 Å². The summed E-state index contributed by atoms with van der Waals surface area (Å²) in [4.78, 5) is 35.8. The van der Waals surface area contributed by atoms with E-state index >= 15 is 0 Å². The van der Waals surface area contributed by atoms with E-state index in [1.54, 1.807) is 13.0 Å². The summed E-state index contributed by atoms with van der Waals surface area (Å²) in [6.07, 6.45) is 3.43. The number of amides is 2. The van der Waals surface area contributed by atoms with Gasteiger partial charge in [0.15, 0.2) is 0 Å². The van der Waals surface area contributed by atoms with Crippen LogP contribution in [-0.4, -0.2) is 42.8 Å². The summed E-state index contributed by atoms with van der Waals surface area (Å²) in [6.45, 7) is 2.41. The van der Waals surface area contributed by atoms with E-state index in [4.69, 9.17) is 4.74 Å². The van der Waals surface area contributed by atoms with Gasteiger partial charge < -0.3 is 20.5 Å². The van der Waals surface area contributed by atoms with Crippen molar-refractivity contribution in [1.82, 2.24) is 10.6 Å². The molecule has 3 N–H and O–H groups in total. The third-order valence-corrected chi connectivity index (χ3v) is 6.86. The van der Waals surface area contributed by atoms with Crippen LogP contribution in [0, 0.1) is 11.8 Å². The topological polar surface area (TPSA) is 105 Å². The smallest absolute Gasteiger partial charge is 0.407 e. The summed E-state index contributed by atoms with van der Waals surface area (Å²) in [6, 6.07) is 16.3. The van der Waals surface area contributed by atoms with E-state index in [0.717, 1.165) is 24.0 Å². The van der Waals surface area contributed by atoms with E-state index in [0.29, 0.717) is 18.5 Å². The van der Waals surface area contributed by atoms with Gasteiger partial charge in [0.25, 0.3) is 0 Å². The summed E-state index contributed by atoms with van der Waals surface area (Å²) in [5, 5.41) is 14.7. The Hall–Kier alpha value is -3.61. The van der Waals surface area contributed by atoms with E-state index in [1.807, 2.05) is 24.3 Å². The van der Waals surface area contributed by atoms with Crippen LogP contribution in [0.1, 0.15) is 43.2 Å². The van der Waals surface area contributed by atoms with Crippen LogP contribution >= 0.6 is 0 Å². The molecule has 0 bridgehead atoms. The van der Waals surface area contributed by atoms with Crippen molar-refractivity contribution in [1.29, 1.82) is 0 Å². The first-order valence-electron chi connectivity index (χ1n) is 11.7. The molecule has 0 unspecified atom stereocenters. The fourth-order valence-corrected chi connectivity index (χ4v) is 5.00. The molecule has 7 heteroatoms. The second kappa shape index (κ2) is 10.5. The largest absolute Gasteiger partial charge is 0.481 e. The van der Waals surface area contributed by atoms with Gasteiger partial charge in [-0.3, -0.25) is 9.59 Å². The van der Waals surface area contributed by atoms with E-state index in [9.17, 15) is 19.5 Å². The third kappa shape index (κ3) is 5.14. The maximum atomic E-state index is 12.3. The summed E-state index contributed by atoms with van der Waals surface area (Å²) in [5.74, 6) is -1.49. The Bertz CT molecular complexity index is 1060.